The van der Waals surface area contributed by atoms with Crippen molar-refractivity contribution in [1.82, 2.24) is 5.06 Å². The number of ether oxygens (including phenoxy) is 1. The van der Waals surface area contributed by atoms with Crippen molar-refractivity contribution in [1.29, 1.82) is 0 Å². The summed E-state index contributed by atoms with van der Waals surface area (Å²) in [5, 5.41) is 12.4. The first-order chi connectivity index (χ1) is 12.6. The van der Waals surface area contributed by atoms with Crippen LogP contribution >= 0.6 is 0 Å². The van der Waals surface area contributed by atoms with Crippen molar-refractivity contribution in [3.8, 4) is 5.75 Å². The Morgan fingerprint density at radius 1 is 1.23 bits per heavy atom. The largest absolute Gasteiger partial charge is 0.493 e. The van der Waals surface area contributed by atoms with Gasteiger partial charge >= 0.3 is 0 Å². The van der Waals surface area contributed by atoms with Gasteiger partial charge < -0.3 is 14.7 Å². The lowest BCUT2D eigenvalue weighted by Crippen LogP contribution is -2.40. The second-order valence-electron chi connectivity index (χ2n) is 8.48. The molecule has 1 aromatic carbocycles. The second kappa shape index (κ2) is 6.05. The van der Waals surface area contributed by atoms with E-state index in [2.05, 4.69) is 19.2 Å². The molecule has 2 aliphatic carbocycles. The third kappa shape index (κ3) is 2.54. The van der Waals surface area contributed by atoms with Crippen molar-refractivity contribution in [3.63, 3.8) is 0 Å². The van der Waals surface area contributed by atoms with Crippen molar-refractivity contribution < 1.29 is 14.7 Å². The summed E-state index contributed by atoms with van der Waals surface area (Å²) >= 11 is 0. The van der Waals surface area contributed by atoms with Gasteiger partial charge in [-0.25, -0.2) is 5.06 Å². The molecule has 4 aliphatic rings. The fourth-order valence-electron chi connectivity index (χ4n) is 5.56. The van der Waals surface area contributed by atoms with Crippen LogP contribution in [0.15, 0.2) is 53.9 Å². The van der Waals surface area contributed by atoms with E-state index < -0.39 is 0 Å². The van der Waals surface area contributed by atoms with Crippen LogP contribution in [0.3, 0.4) is 0 Å². The molecule has 1 aromatic rings. The molecule has 0 bridgehead atoms. The first-order valence-electron chi connectivity index (χ1n) is 9.91. The van der Waals surface area contributed by atoms with Gasteiger partial charge in [-0.15, -0.1) is 0 Å². The molecule has 5 rings (SSSR count). The molecule has 2 aliphatic heterocycles. The second-order valence-corrected chi connectivity index (χ2v) is 8.48. The molecule has 0 aromatic heterocycles. The van der Waals surface area contributed by atoms with Crippen molar-refractivity contribution in [3.05, 3.63) is 53.9 Å². The molecule has 4 nitrogen and oxygen atoms in total. The van der Waals surface area contributed by atoms with E-state index in [-0.39, 0.29) is 23.5 Å². The maximum absolute atomic E-state index is 10.4. The normalized spacial score (nSPS) is 38.3. The number of hydrogen-bond acceptors (Lipinski definition) is 4. The molecule has 1 fully saturated rings. The summed E-state index contributed by atoms with van der Waals surface area (Å²) in [5.41, 5.74) is 1.45. The molecule has 138 valence electrons. The van der Waals surface area contributed by atoms with Crippen LogP contribution in [0.25, 0.3) is 0 Å². The fraction of sp³-hybridized carbons (Fsp3) is 0.545. The standard InChI is InChI=1S/C22H27NO3/c1-15-7-8-20-22(13-15)9-10-23(26-18-5-3-2-4-6-18)14-16-11-17(24)12-19(25-20)21(16)22/h2-6,9-10,15-17,20,24H,7-8,11-14H2,1H3/t15?,16-,17-,20+,22?/m1/s1. The Morgan fingerprint density at radius 3 is 2.92 bits per heavy atom. The monoisotopic (exact) mass is 353 g/mol. The van der Waals surface area contributed by atoms with Crippen LogP contribution in [0.2, 0.25) is 0 Å². The van der Waals surface area contributed by atoms with Crippen LogP contribution in [0.4, 0.5) is 0 Å². The lowest BCUT2D eigenvalue weighted by atomic mass is 9.61. The molecule has 0 saturated heterocycles. The van der Waals surface area contributed by atoms with Gasteiger partial charge in [0, 0.05) is 18.5 Å². The molecule has 2 unspecified atom stereocenters. The van der Waals surface area contributed by atoms with Gasteiger partial charge in [-0.2, -0.15) is 0 Å². The van der Waals surface area contributed by atoms with E-state index in [1.807, 2.05) is 35.4 Å². The van der Waals surface area contributed by atoms with Crippen molar-refractivity contribution in [2.24, 2.45) is 17.3 Å². The fourth-order valence-corrected chi connectivity index (χ4v) is 5.56. The van der Waals surface area contributed by atoms with Gasteiger partial charge in [0.05, 0.1) is 23.8 Å². The Morgan fingerprint density at radius 2 is 2.08 bits per heavy atom. The summed E-state index contributed by atoms with van der Waals surface area (Å²) in [7, 11) is 0. The number of benzene rings is 1. The highest BCUT2D eigenvalue weighted by Crippen LogP contribution is 2.59. The van der Waals surface area contributed by atoms with E-state index in [9.17, 15) is 5.11 Å². The lowest BCUT2D eigenvalue weighted by molar-refractivity contribution is -0.0236. The van der Waals surface area contributed by atoms with Gasteiger partial charge in [0.2, 0.25) is 0 Å². The predicted molar refractivity (Wildman–Crippen MR) is 99.0 cm³/mol. The minimum atomic E-state index is -0.315. The van der Waals surface area contributed by atoms with Gasteiger partial charge in [-0.1, -0.05) is 31.2 Å². The minimum absolute atomic E-state index is 0.00734. The first kappa shape index (κ1) is 16.2. The summed E-state index contributed by atoms with van der Waals surface area (Å²) in [6.07, 6.45) is 9.29. The highest BCUT2D eigenvalue weighted by molar-refractivity contribution is 5.38. The summed E-state index contributed by atoms with van der Waals surface area (Å²) in [6, 6.07) is 9.93. The number of rotatable bonds is 2. The van der Waals surface area contributed by atoms with E-state index in [0.29, 0.717) is 12.3 Å². The van der Waals surface area contributed by atoms with Gasteiger partial charge in [0.25, 0.3) is 0 Å². The third-order valence-electron chi connectivity index (χ3n) is 6.56. The van der Waals surface area contributed by atoms with Crippen LogP contribution < -0.4 is 4.84 Å². The molecule has 2 heterocycles. The van der Waals surface area contributed by atoms with Gasteiger partial charge in [-0.3, -0.25) is 0 Å². The molecule has 0 amide bonds. The molecule has 5 atom stereocenters. The number of hydroxylamine groups is 2. The molecule has 4 heteroatoms. The Balaban J connectivity index is 1.52. The SMILES string of the molecule is CC1CC[C@@H]2OC3=C4[C@H](C[C@@H](O)C3)CN(Oc3ccccc3)C=CC42C1. The first-order valence-corrected chi connectivity index (χ1v) is 9.91. The smallest absolute Gasteiger partial charge is 0.155 e. The minimum Gasteiger partial charge on any atom is -0.493 e. The van der Waals surface area contributed by atoms with E-state index in [0.717, 1.165) is 37.3 Å². The molecule has 26 heavy (non-hydrogen) atoms. The quantitative estimate of drug-likeness (QED) is 0.871. The molecular formula is C22H27NO3. The van der Waals surface area contributed by atoms with Gasteiger partial charge in [0.15, 0.2) is 5.75 Å². The van der Waals surface area contributed by atoms with Crippen LogP contribution in [0.5, 0.6) is 5.75 Å². The maximum atomic E-state index is 10.4. The van der Waals surface area contributed by atoms with E-state index in [1.165, 1.54) is 12.0 Å². The molecule has 1 N–H and O–H groups in total. The summed E-state index contributed by atoms with van der Waals surface area (Å²) in [4.78, 5) is 6.13. The number of para-hydroxylation sites is 1. The number of nitrogens with zero attached hydrogens (tertiary/aromatic N) is 1. The summed E-state index contributed by atoms with van der Waals surface area (Å²) in [6.45, 7) is 3.11. The Bertz CT molecular complexity index is 743. The van der Waals surface area contributed by atoms with Crippen LogP contribution in [-0.4, -0.2) is 28.9 Å². The highest BCUT2D eigenvalue weighted by atomic mass is 16.7. The number of aliphatic hydroxyl groups is 1. The topological polar surface area (TPSA) is 41.9 Å². The van der Waals surface area contributed by atoms with Crippen molar-refractivity contribution in [2.75, 3.05) is 6.54 Å². The Kier molecular flexibility index (Phi) is 3.78. The number of hydrogen-bond donors (Lipinski definition) is 1. The van der Waals surface area contributed by atoms with Gasteiger partial charge in [-0.05, 0) is 49.3 Å². The molecule has 1 spiro atoms. The van der Waals surface area contributed by atoms with Crippen LogP contribution in [0, 0.1) is 17.3 Å². The number of aliphatic hydroxyl groups excluding tert-OH is 1. The van der Waals surface area contributed by atoms with Gasteiger partial charge in [0.1, 0.15) is 6.10 Å². The summed E-state index contributed by atoms with van der Waals surface area (Å²) < 4.78 is 6.41. The Labute approximate surface area is 155 Å². The molecule has 0 radical (unpaired) electrons. The zero-order valence-electron chi connectivity index (χ0n) is 15.3. The van der Waals surface area contributed by atoms with Crippen LogP contribution in [0.1, 0.15) is 39.0 Å². The van der Waals surface area contributed by atoms with Crippen molar-refractivity contribution in [2.45, 2.75) is 51.2 Å². The van der Waals surface area contributed by atoms with Crippen LogP contribution in [-0.2, 0) is 4.74 Å². The van der Waals surface area contributed by atoms with E-state index >= 15 is 0 Å². The average molecular weight is 353 g/mol. The zero-order chi connectivity index (χ0) is 17.7. The predicted octanol–water partition coefficient (Wildman–Crippen LogP) is 4.04. The molecular weight excluding hydrogens is 326 g/mol. The maximum Gasteiger partial charge on any atom is 0.155 e. The third-order valence-corrected chi connectivity index (χ3v) is 6.56. The average Bonchev–Trinajstić information content (AvgIpc) is 2.85. The molecule has 1 saturated carbocycles. The zero-order valence-corrected chi connectivity index (χ0v) is 15.3. The van der Waals surface area contributed by atoms with E-state index in [1.54, 1.807) is 0 Å². The van der Waals surface area contributed by atoms with E-state index in [4.69, 9.17) is 9.57 Å². The Hall–Kier alpha value is -1.94. The summed E-state index contributed by atoms with van der Waals surface area (Å²) in [5.74, 6) is 2.89. The van der Waals surface area contributed by atoms with Crippen molar-refractivity contribution >= 4 is 0 Å². The highest BCUT2D eigenvalue weighted by Gasteiger charge is 2.56. The lowest BCUT2D eigenvalue weighted by Gasteiger charge is -2.41.